The summed E-state index contributed by atoms with van der Waals surface area (Å²) < 4.78 is 42.2. The minimum absolute atomic E-state index is 0.276. The molecule has 0 radical (unpaired) electrons. The van der Waals surface area contributed by atoms with Crippen LogP contribution in [0.25, 0.3) is 11.3 Å². The molecule has 2 aliphatic heterocycles. The van der Waals surface area contributed by atoms with E-state index in [0.717, 1.165) is 77.8 Å². The normalized spacial score (nSPS) is 16.0. The van der Waals surface area contributed by atoms with Crippen LogP contribution in [0.15, 0.2) is 66.7 Å². The fourth-order valence-electron chi connectivity index (χ4n) is 6.30. The molecule has 3 heterocycles. The molecule has 0 bridgehead atoms. The van der Waals surface area contributed by atoms with E-state index in [1.807, 2.05) is 59.3 Å². The summed E-state index contributed by atoms with van der Waals surface area (Å²) in [5.74, 6) is 6.48. The van der Waals surface area contributed by atoms with Gasteiger partial charge < -0.3 is 10.2 Å². The molecule has 1 saturated heterocycles. The number of benzene rings is 3. The van der Waals surface area contributed by atoms with Gasteiger partial charge in [0.15, 0.2) is 0 Å². The predicted octanol–water partition coefficient (Wildman–Crippen LogP) is 6.69. The van der Waals surface area contributed by atoms with Crippen LogP contribution in [-0.4, -0.2) is 66.0 Å². The van der Waals surface area contributed by atoms with Crippen molar-refractivity contribution in [2.75, 3.05) is 32.4 Å². The summed E-state index contributed by atoms with van der Waals surface area (Å²) in [6, 6.07) is 21.6. The molecule has 0 amide bonds. The zero-order valence-electron chi connectivity index (χ0n) is 27.1. The second kappa shape index (κ2) is 15.5. The minimum Gasteiger partial charge on any atom is -0.309 e. The van der Waals surface area contributed by atoms with Crippen LogP contribution in [0.3, 0.4) is 0 Å². The van der Waals surface area contributed by atoms with E-state index in [-0.39, 0.29) is 6.54 Å². The van der Waals surface area contributed by atoms with E-state index in [1.54, 1.807) is 0 Å². The van der Waals surface area contributed by atoms with Gasteiger partial charge in [0.25, 0.3) is 0 Å². The van der Waals surface area contributed by atoms with E-state index in [4.69, 9.17) is 28.3 Å². The third-order valence-corrected chi connectivity index (χ3v) is 10.9. The van der Waals surface area contributed by atoms with Crippen LogP contribution in [0.5, 0.6) is 0 Å². The molecular formula is C37H40Cl2FN5O2S. The Balaban J connectivity index is 1.17. The van der Waals surface area contributed by atoms with Gasteiger partial charge in [-0.05, 0) is 73.3 Å². The quantitative estimate of drug-likeness (QED) is 0.186. The van der Waals surface area contributed by atoms with E-state index in [0.29, 0.717) is 42.9 Å². The average molecular weight is 709 g/mol. The van der Waals surface area contributed by atoms with Crippen LogP contribution in [-0.2, 0) is 42.6 Å². The van der Waals surface area contributed by atoms with E-state index in [2.05, 4.69) is 34.2 Å². The molecule has 4 aromatic rings. The van der Waals surface area contributed by atoms with Crippen molar-refractivity contribution in [3.63, 3.8) is 0 Å². The summed E-state index contributed by atoms with van der Waals surface area (Å²) in [7, 11) is -3.36. The molecule has 0 atom stereocenters. The van der Waals surface area contributed by atoms with Crippen LogP contribution in [0.2, 0.25) is 10.0 Å². The SMILES string of the molecule is CS(=O)(=O)N1CCc2c(c(-c3ccc(Cl)c(C#Cc4ccc(CNCc5ccc(Cl)cc5)cc4)c3)nn2CCCN2CCC(F)CC2)C1. The summed E-state index contributed by atoms with van der Waals surface area (Å²) in [6.07, 6.45) is 3.24. The molecule has 7 nitrogen and oxygen atoms in total. The third kappa shape index (κ3) is 8.86. The minimum atomic E-state index is -3.36. The third-order valence-electron chi connectivity index (χ3n) is 9.04. The lowest BCUT2D eigenvalue weighted by Crippen LogP contribution is -2.36. The summed E-state index contributed by atoms with van der Waals surface area (Å²) in [5, 5.41) is 9.75. The Labute approximate surface area is 293 Å². The number of sulfonamides is 1. The molecule has 1 N–H and O–H groups in total. The zero-order chi connectivity index (χ0) is 33.7. The van der Waals surface area contributed by atoms with Gasteiger partial charge >= 0.3 is 0 Å². The van der Waals surface area contributed by atoms with Crippen molar-refractivity contribution in [1.82, 2.24) is 24.3 Å². The number of hydrogen-bond acceptors (Lipinski definition) is 5. The van der Waals surface area contributed by atoms with E-state index < -0.39 is 16.2 Å². The van der Waals surface area contributed by atoms with Crippen molar-refractivity contribution in [1.29, 1.82) is 0 Å². The topological polar surface area (TPSA) is 70.5 Å². The highest BCUT2D eigenvalue weighted by Crippen LogP contribution is 2.33. The number of fused-ring (bicyclic) bond motifs is 1. The fraction of sp³-hybridized carbons (Fsp3) is 0.378. The van der Waals surface area contributed by atoms with Crippen molar-refractivity contribution < 1.29 is 12.8 Å². The van der Waals surface area contributed by atoms with Gasteiger partial charge in [-0.2, -0.15) is 9.40 Å². The average Bonchev–Trinajstić information content (AvgIpc) is 3.44. The number of halogens is 3. The van der Waals surface area contributed by atoms with Gasteiger partial charge in [0.2, 0.25) is 10.0 Å². The van der Waals surface area contributed by atoms with Gasteiger partial charge in [0.05, 0.1) is 17.0 Å². The van der Waals surface area contributed by atoms with Crippen LogP contribution >= 0.6 is 23.2 Å². The van der Waals surface area contributed by atoms with E-state index in [9.17, 15) is 12.8 Å². The zero-order valence-corrected chi connectivity index (χ0v) is 29.4. The first-order valence-electron chi connectivity index (χ1n) is 16.4. The number of hydrogen-bond donors (Lipinski definition) is 1. The molecule has 11 heteroatoms. The maximum atomic E-state index is 13.6. The van der Waals surface area contributed by atoms with Crippen molar-refractivity contribution in [3.05, 3.63) is 110 Å². The van der Waals surface area contributed by atoms with Gasteiger partial charge in [0.1, 0.15) is 6.17 Å². The summed E-state index contributed by atoms with van der Waals surface area (Å²) >= 11 is 12.6. The monoisotopic (exact) mass is 707 g/mol. The first-order valence-corrected chi connectivity index (χ1v) is 19.0. The Bertz CT molecular complexity index is 1890. The lowest BCUT2D eigenvalue weighted by molar-refractivity contribution is 0.148. The van der Waals surface area contributed by atoms with Gasteiger partial charge in [-0.15, -0.1) is 0 Å². The molecule has 0 aliphatic carbocycles. The number of rotatable bonds is 10. The molecule has 252 valence electrons. The maximum Gasteiger partial charge on any atom is 0.211 e. The highest BCUT2D eigenvalue weighted by atomic mass is 35.5. The number of nitrogens with one attached hydrogen (secondary N) is 1. The van der Waals surface area contributed by atoms with Crippen molar-refractivity contribution in [2.45, 2.75) is 58.0 Å². The molecule has 0 saturated carbocycles. The van der Waals surface area contributed by atoms with Crippen molar-refractivity contribution in [2.24, 2.45) is 0 Å². The van der Waals surface area contributed by atoms with Crippen molar-refractivity contribution in [3.8, 4) is 23.1 Å². The predicted molar refractivity (Wildman–Crippen MR) is 191 cm³/mol. The number of aromatic nitrogens is 2. The van der Waals surface area contributed by atoms with E-state index in [1.165, 1.54) is 16.1 Å². The second-order valence-electron chi connectivity index (χ2n) is 12.6. The number of piperidine rings is 1. The molecule has 3 aromatic carbocycles. The first kappa shape index (κ1) is 34.6. The Hall–Kier alpha value is -3.23. The van der Waals surface area contributed by atoms with Gasteiger partial charge in [-0.3, -0.25) is 4.68 Å². The van der Waals surface area contributed by atoms with Crippen molar-refractivity contribution >= 4 is 33.2 Å². The Morgan fingerprint density at radius 1 is 0.917 bits per heavy atom. The molecule has 48 heavy (non-hydrogen) atoms. The standard InChI is InChI=1S/C37H40Cl2FN5O2S/c1-48(46,47)44-22-17-36-34(26-44)37(42-45(36)19-2-18-43-20-15-33(40)16-21-43)31-11-14-35(39)30(23-31)10-7-27-3-5-28(6-4-27)24-41-25-29-8-12-32(38)13-9-29/h3-6,8-9,11-14,23,33,41H,2,15-22,24-26H2,1H3. The van der Waals surface area contributed by atoms with E-state index >= 15 is 0 Å². The fourth-order valence-corrected chi connectivity index (χ4v) is 7.38. The lowest BCUT2D eigenvalue weighted by atomic mass is 10.0. The summed E-state index contributed by atoms with van der Waals surface area (Å²) in [4.78, 5) is 2.32. The molecule has 6 rings (SSSR count). The number of nitrogens with zero attached hydrogens (tertiary/aromatic N) is 4. The smallest absolute Gasteiger partial charge is 0.211 e. The Kier molecular flexibility index (Phi) is 11.2. The van der Waals surface area contributed by atoms with Crippen LogP contribution < -0.4 is 5.32 Å². The molecule has 2 aliphatic rings. The highest BCUT2D eigenvalue weighted by molar-refractivity contribution is 7.88. The number of likely N-dealkylation sites (tertiary alicyclic amines) is 1. The number of alkyl halides is 1. The largest absolute Gasteiger partial charge is 0.309 e. The van der Waals surface area contributed by atoms with Crippen LogP contribution in [0, 0.1) is 11.8 Å². The van der Waals surface area contributed by atoms with Gasteiger partial charge in [-0.25, -0.2) is 12.8 Å². The molecule has 0 spiro atoms. The van der Waals surface area contributed by atoms with Gasteiger partial charge in [0, 0.05) is 85.2 Å². The Morgan fingerprint density at radius 2 is 1.60 bits per heavy atom. The maximum absolute atomic E-state index is 13.6. The first-order chi connectivity index (χ1) is 23.1. The Morgan fingerprint density at radius 3 is 2.29 bits per heavy atom. The molecule has 1 aromatic heterocycles. The second-order valence-corrected chi connectivity index (χ2v) is 15.4. The number of aryl methyl sites for hydroxylation is 1. The summed E-state index contributed by atoms with van der Waals surface area (Å²) in [6.45, 7) is 5.35. The van der Waals surface area contributed by atoms with Crippen LogP contribution in [0.4, 0.5) is 4.39 Å². The summed E-state index contributed by atoms with van der Waals surface area (Å²) in [5.41, 5.74) is 7.48. The van der Waals surface area contributed by atoms with Crippen LogP contribution in [0.1, 0.15) is 52.8 Å². The molecular weight excluding hydrogens is 668 g/mol. The lowest BCUT2D eigenvalue weighted by Gasteiger charge is -2.28. The molecule has 0 unspecified atom stereocenters. The van der Waals surface area contributed by atoms with Gasteiger partial charge in [-0.1, -0.05) is 65.4 Å². The molecule has 1 fully saturated rings. The highest BCUT2D eigenvalue weighted by Gasteiger charge is 2.30.